The molecule has 1 heterocycles. The van der Waals surface area contributed by atoms with Crippen LogP contribution in [-0.2, 0) is 4.57 Å². The highest BCUT2D eigenvalue weighted by atomic mass is 79.9. The summed E-state index contributed by atoms with van der Waals surface area (Å²) >= 11 is 9.33. The zero-order chi connectivity index (χ0) is 18.4. The Morgan fingerprint density at radius 1 is 1.16 bits per heavy atom. The molecular formula is C18H18BrClN3OP. The van der Waals surface area contributed by atoms with Gasteiger partial charge in [-0.05, 0) is 82.7 Å². The molecule has 0 bridgehead atoms. The fourth-order valence-electron chi connectivity index (χ4n) is 2.82. The lowest BCUT2D eigenvalue weighted by atomic mass is 10.0. The molecule has 130 valence electrons. The first-order chi connectivity index (χ1) is 11.7. The first-order valence-corrected chi connectivity index (χ1v) is 11.5. The number of hydrogen-bond acceptors (Lipinski definition) is 4. The van der Waals surface area contributed by atoms with E-state index in [2.05, 4.69) is 57.2 Å². The van der Waals surface area contributed by atoms with Gasteiger partial charge in [-0.15, -0.1) is 0 Å². The van der Waals surface area contributed by atoms with Gasteiger partial charge in [-0.3, -0.25) is 0 Å². The van der Waals surface area contributed by atoms with Gasteiger partial charge in [0.15, 0.2) is 0 Å². The number of halogens is 2. The van der Waals surface area contributed by atoms with Crippen LogP contribution < -0.4 is 10.6 Å². The number of rotatable bonds is 3. The maximum atomic E-state index is 13.1. The third-order valence-electron chi connectivity index (χ3n) is 4.11. The summed E-state index contributed by atoms with van der Waals surface area (Å²) in [5.74, 6) is 0.540. The van der Waals surface area contributed by atoms with Crippen LogP contribution in [0.2, 0.25) is 5.28 Å². The Labute approximate surface area is 160 Å². The van der Waals surface area contributed by atoms with Crippen LogP contribution in [0, 0.1) is 13.8 Å². The monoisotopic (exact) mass is 437 g/mol. The van der Waals surface area contributed by atoms with Gasteiger partial charge in [-0.2, -0.15) is 4.98 Å². The topological polar surface area (TPSA) is 54.9 Å². The van der Waals surface area contributed by atoms with E-state index in [1.807, 2.05) is 12.1 Å². The first-order valence-electron chi connectivity index (χ1n) is 7.71. The summed E-state index contributed by atoms with van der Waals surface area (Å²) in [4.78, 5) is 8.15. The Morgan fingerprint density at radius 3 is 2.52 bits per heavy atom. The van der Waals surface area contributed by atoms with E-state index in [-0.39, 0.29) is 5.28 Å². The van der Waals surface area contributed by atoms with Gasteiger partial charge in [0.25, 0.3) is 0 Å². The average molecular weight is 439 g/mol. The van der Waals surface area contributed by atoms with Crippen LogP contribution in [0.25, 0.3) is 10.8 Å². The molecule has 4 nitrogen and oxygen atoms in total. The third-order valence-corrected chi connectivity index (χ3v) is 6.43. The summed E-state index contributed by atoms with van der Waals surface area (Å²) in [7, 11) is -2.55. The third kappa shape index (κ3) is 3.74. The predicted octanol–water partition coefficient (Wildman–Crippen LogP) is 5.65. The van der Waals surface area contributed by atoms with E-state index >= 15 is 0 Å². The lowest BCUT2D eigenvalue weighted by Crippen LogP contribution is -2.12. The van der Waals surface area contributed by atoms with Gasteiger partial charge in [0, 0.05) is 11.5 Å². The first kappa shape index (κ1) is 18.4. The van der Waals surface area contributed by atoms with Crippen LogP contribution >= 0.6 is 34.7 Å². The highest BCUT2D eigenvalue weighted by molar-refractivity contribution is 9.10. The lowest BCUT2D eigenvalue weighted by molar-refractivity contribution is 0.588. The number of hydrogen-bond donors (Lipinski definition) is 1. The van der Waals surface area contributed by atoms with Gasteiger partial charge in [0.1, 0.15) is 13.0 Å². The molecule has 0 unspecified atom stereocenters. The summed E-state index contributed by atoms with van der Waals surface area (Å²) in [6.07, 6.45) is 1.59. The molecule has 0 radical (unpaired) electrons. The van der Waals surface area contributed by atoms with Crippen molar-refractivity contribution in [2.45, 2.75) is 13.8 Å². The number of anilines is 2. The zero-order valence-corrected chi connectivity index (χ0v) is 17.6. The van der Waals surface area contributed by atoms with Crippen molar-refractivity contribution in [3.63, 3.8) is 0 Å². The van der Waals surface area contributed by atoms with Crippen molar-refractivity contribution in [3.8, 4) is 0 Å². The van der Waals surface area contributed by atoms with Gasteiger partial charge >= 0.3 is 0 Å². The maximum absolute atomic E-state index is 13.1. The molecule has 0 spiro atoms. The van der Waals surface area contributed by atoms with Crippen molar-refractivity contribution in [1.82, 2.24) is 9.97 Å². The maximum Gasteiger partial charge on any atom is 0.224 e. The van der Waals surface area contributed by atoms with Gasteiger partial charge in [0.05, 0.1) is 10.2 Å². The second-order valence-corrected chi connectivity index (χ2v) is 10.8. The van der Waals surface area contributed by atoms with Gasteiger partial charge in [-0.25, -0.2) is 4.98 Å². The second-order valence-electron chi connectivity index (χ2n) is 6.43. The SMILES string of the molecule is Cc1cc2ccc(Nc3nc(Cl)ncc3Br)c(P(C)(C)=O)c2cc1C. The molecule has 1 aromatic heterocycles. The molecule has 0 saturated heterocycles. The van der Waals surface area contributed by atoms with Crippen LogP contribution in [0.1, 0.15) is 11.1 Å². The molecule has 0 saturated carbocycles. The minimum atomic E-state index is -2.55. The number of fused-ring (bicyclic) bond motifs is 1. The summed E-state index contributed by atoms with van der Waals surface area (Å²) in [5, 5.41) is 6.30. The number of nitrogens with one attached hydrogen (secondary N) is 1. The van der Waals surface area contributed by atoms with Crippen LogP contribution in [0.15, 0.2) is 34.9 Å². The molecule has 0 aliphatic rings. The van der Waals surface area contributed by atoms with E-state index in [4.69, 9.17) is 11.6 Å². The van der Waals surface area contributed by atoms with E-state index in [1.165, 1.54) is 11.1 Å². The Morgan fingerprint density at radius 2 is 1.84 bits per heavy atom. The Kier molecular flexibility index (Phi) is 4.93. The van der Waals surface area contributed by atoms with Crippen molar-refractivity contribution in [3.05, 3.63) is 51.3 Å². The molecule has 0 atom stereocenters. The molecule has 2 aromatic carbocycles. The summed E-state index contributed by atoms with van der Waals surface area (Å²) in [6.45, 7) is 7.71. The van der Waals surface area contributed by atoms with E-state index in [1.54, 1.807) is 19.5 Å². The van der Waals surface area contributed by atoms with Crippen molar-refractivity contribution in [1.29, 1.82) is 0 Å². The molecule has 1 N–H and O–H groups in total. The molecule has 0 aliphatic carbocycles. The van der Waals surface area contributed by atoms with Gasteiger partial charge < -0.3 is 9.88 Å². The molecule has 7 heteroatoms. The summed E-state index contributed by atoms with van der Waals surface area (Å²) in [5.41, 5.74) is 3.15. The molecule has 0 aliphatic heterocycles. The Balaban J connectivity index is 2.26. The van der Waals surface area contributed by atoms with E-state index < -0.39 is 7.14 Å². The molecule has 25 heavy (non-hydrogen) atoms. The quantitative estimate of drug-likeness (QED) is 0.424. The number of aromatic nitrogens is 2. The normalized spacial score (nSPS) is 11.8. The second kappa shape index (κ2) is 6.71. The fraction of sp³-hybridized carbons (Fsp3) is 0.222. The molecule has 0 amide bonds. The average Bonchev–Trinajstić information content (AvgIpc) is 2.51. The minimum absolute atomic E-state index is 0.149. The number of benzene rings is 2. The van der Waals surface area contributed by atoms with E-state index in [0.717, 1.165) is 21.8 Å². The molecule has 0 fully saturated rings. The predicted molar refractivity (Wildman–Crippen MR) is 111 cm³/mol. The van der Waals surface area contributed by atoms with Crippen molar-refractivity contribution in [2.75, 3.05) is 18.6 Å². The van der Waals surface area contributed by atoms with Crippen molar-refractivity contribution in [2.24, 2.45) is 0 Å². The highest BCUT2D eigenvalue weighted by Gasteiger charge is 2.21. The largest absolute Gasteiger partial charge is 0.339 e. The highest BCUT2D eigenvalue weighted by Crippen LogP contribution is 2.42. The Bertz CT molecular complexity index is 1030. The minimum Gasteiger partial charge on any atom is -0.339 e. The molecular weight excluding hydrogens is 421 g/mol. The van der Waals surface area contributed by atoms with Crippen molar-refractivity contribution < 1.29 is 4.57 Å². The van der Waals surface area contributed by atoms with Gasteiger partial charge in [-0.1, -0.05) is 18.2 Å². The lowest BCUT2D eigenvalue weighted by Gasteiger charge is -2.19. The summed E-state index contributed by atoms with van der Waals surface area (Å²) < 4.78 is 13.8. The zero-order valence-electron chi connectivity index (χ0n) is 14.4. The Hall–Kier alpha value is -1.42. The number of nitrogens with zero attached hydrogens (tertiary/aromatic N) is 2. The standard InChI is InChI=1S/C18H18BrClN3OP/c1-10-7-12-5-6-15(22-17-14(19)9-21-18(20)23-17)16(25(3,4)24)13(12)8-11(10)2/h5-9H,1-4H3,(H,21,22,23). The summed E-state index contributed by atoms with van der Waals surface area (Å²) in [6, 6.07) is 8.20. The van der Waals surface area contributed by atoms with Crippen molar-refractivity contribution >= 4 is 62.3 Å². The van der Waals surface area contributed by atoms with Crippen LogP contribution in [0.5, 0.6) is 0 Å². The van der Waals surface area contributed by atoms with Crippen LogP contribution in [0.3, 0.4) is 0 Å². The molecule has 3 aromatic rings. The fourth-order valence-corrected chi connectivity index (χ4v) is 4.73. The van der Waals surface area contributed by atoms with E-state index in [0.29, 0.717) is 10.3 Å². The smallest absolute Gasteiger partial charge is 0.224 e. The van der Waals surface area contributed by atoms with Crippen LogP contribution in [-0.4, -0.2) is 23.3 Å². The van der Waals surface area contributed by atoms with Gasteiger partial charge in [0.2, 0.25) is 5.28 Å². The van der Waals surface area contributed by atoms with E-state index in [9.17, 15) is 4.57 Å². The van der Waals surface area contributed by atoms with Crippen LogP contribution in [0.4, 0.5) is 11.5 Å². The number of aryl methyl sites for hydroxylation is 2. The molecule has 3 rings (SSSR count).